The second-order valence-corrected chi connectivity index (χ2v) is 3.23. The summed E-state index contributed by atoms with van der Waals surface area (Å²) >= 11 is 0. The van der Waals surface area contributed by atoms with Crippen LogP contribution in [0.5, 0.6) is 0 Å². The number of aromatic nitrogens is 2. The van der Waals surface area contributed by atoms with E-state index in [0.29, 0.717) is 0 Å². The predicted molar refractivity (Wildman–Crippen MR) is 62.9 cm³/mol. The molecule has 0 unspecified atom stereocenters. The van der Waals surface area contributed by atoms with Crippen LogP contribution in [-0.2, 0) is 0 Å². The zero-order valence-electron chi connectivity index (χ0n) is 9.79. The molecule has 0 radical (unpaired) electrons. The third-order valence-electron chi connectivity index (χ3n) is 1.91. The number of rotatable bonds is 3. The number of carboxylic acids is 1. The molecule has 20 heavy (non-hydrogen) atoms. The number of nitro benzene ring substituents is 1. The van der Waals surface area contributed by atoms with Crippen LogP contribution in [-0.4, -0.2) is 32.0 Å². The number of hydrogen-bond donors (Lipinski definition) is 2. The fourth-order valence-electron chi connectivity index (χ4n) is 1.00. The van der Waals surface area contributed by atoms with Gasteiger partial charge < -0.3 is 15.4 Å². The molecule has 3 N–H and O–H groups in total. The molecular weight excluding hydrogens is 272 g/mol. The van der Waals surface area contributed by atoms with Crippen molar-refractivity contribution in [2.75, 3.05) is 0 Å². The Morgan fingerprint density at radius 2 is 1.90 bits per heavy atom. The summed E-state index contributed by atoms with van der Waals surface area (Å²) in [5.74, 6) is -1.87. The molecule has 0 saturated heterocycles. The predicted octanol–water partition coefficient (Wildman–Crippen LogP) is 0.462. The number of aromatic carboxylic acids is 1. The third kappa shape index (κ3) is 4.18. The number of carboxylic acid groups (broad SMARTS) is 1. The normalized spacial score (nSPS) is 9.20. The maximum atomic E-state index is 10.3. The number of nitro groups is 1. The number of hydrogen-bond acceptors (Lipinski definition) is 7. The van der Waals surface area contributed by atoms with Crippen molar-refractivity contribution in [1.29, 1.82) is 0 Å². The van der Waals surface area contributed by atoms with Crippen LogP contribution < -0.4 is 5.73 Å². The van der Waals surface area contributed by atoms with E-state index in [1.165, 1.54) is 12.1 Å². The van der Waals surface area contributed by atoms with Crippen molar-refractivity contribution in [3.8, 4) is 0 Å². The minimum atomic E-state index is -1.09. The fraction of sp³-hybridized carbons (Fsp3) is 0. The van der Waals surface area contributed by atoms with Crippen LogP contribution in [0.25, 0.3) is 0 Å². The SMILES string of the molecule is NC(=O)c1ncon1.O=C(O)c1ccc([N+](=O)[O-])cc1. The van der Waals surface area contributed by atoms with E-state index in [-0.39, 0.29) is 17.1 Å². The Morgan fingerprint density at radius 3 is 2.20 bits per heavy atom. The third-order valence-corrected chi connectivity index (χ3v) is 1.91. The average molecular weight is 280 g/mol. The highest BCUT2D eigenvalue weighted by atomic mass is 16.6. The molecule has 1 amide bonds. The molecule has 0 spiro atoms. The Balaban J connectivity index is 0.000000217. The molecule has 2 rings (SSSR count). The molecule has 1 heterocycles. The van der Waals surface area contributed by atoms with Crippen molar-refractivity contribution >= 4 is 17.6 Å². The summed E-state index contributed by atoms with van der Waals surface area (Å²) in [4.78, 5) is 33.3. The average Bonchev–Trinajstić information content (AvgIpc) is 2.93. The highest BCUT2D eigenvalue weighted by molar-refractivity contribution is 5.88. The van der Waals surface area contributed by atoms with Gasteiger partial charge in [-0.15, -0.1) is 0 Å². The van der Waals surface area contributed by atoms with E-state index < -0.39 is 16.8 Å². The zero-order chi connectivity index (χ0) is 15.1. The molecule has 0 fully saturated rings. The molecule has 0 atom stereocenters. The second kappa shape index (κ2) is 6.58. The highest BCUT2D eigenvalue weighted by Gasteiger charge is 2.06. The van der Waals surface area contributed by atoms with Gasteiger partial charge in [0.05, 0.1) is 10.5 Å². The van der Waals surface area contributed by atoms with Crippen molar-refractivity contribution < 1.29 is 24.1 Å². The first kappa shape index (κ1) is 14.8. The quantitative estimate of drug-likeness (QED) is 0.604. The lowest BCUT2D eigenvalue weighted by molar-refractivity contribution is -0.384. The van der Waals surface area contributed by atoms with Gasteiger partial charge in [-0.05, 0) is 12.1 Å². The molecule has 0 aliphatic rings. The lowest BCUT2D eigenvalue weighted by Crippen LogP contribution is -2.12. The van der Waals surface area contributed by atoms with Gasteiger partial charge in [0.2, 0.25) is 6.39 Å². The molecule has 10 nitrogen and oxygen atoms in total. The molecule has 104 valence electrons. The molecule has 0 saturated carbocycles. The summed E-state index contributed by atoms with van der Waals surface area (Å²) < 4.78 is 4.21. The van der Waals surface area contributed by atoms with Crippen molar-refractivity contribution in [3.63, 3.8) is 0 Å². The van der Waals surface area contributed by atoms with Gasteiger partial charge in [-0.3, -0.25) is 14.9 Å². The van der Waals surface area contributed by atoms with Crippen LogP contribution >= 0.6 is 0 Å². The van der Waals surface area contributed by atoms with E-state index in [4.69, 9.17) is 10.8 Å². The fourth-order valence-corrected chi connectivity index (χ4v) is 1.00. The standard InChI is InChI=1S/C7H5NO4.C3H3N3O2/c9-7(10)5-1-3-6(4-2-5)8(11)12;4-2(7)3-5-1-8-6-3/h1-4H,(H,9,10);1H,(H2,4,7). The van der Waals surface area contributed by atoms with Crippen LogP contribution in [0.3, 0.4) is 0 Å². The monoisotopic (exact) mass is 280 g/mol. The number of nitrogens with zero attached hydrogens (tertiary/aromatic N) is 3. The van der Waals surface area contributed by atoms with Crippen LogP contribution in [0.2, 0.25) is 0 Å². The van der Waals surface area contributed by atoms with Gasteiger partial charge in [0.15, 0.2) is 0 Å². The molecular formula is C10H8N4O6. The Kier molecular flexibility index (Phi) is 4.86. The molecule has 0 aliphatic heterocycles. The number of carbonyl (C=O) groups excluding carboxylic acids is 1. The van der Waals surface area contributed by atoms with Gasteiger partial charge >= 0.3 is 5.97 Å². The van der Waals surface area contributed by atoms with Gasteiger partial charge in [0.1, 0.15) is 0 Å². The van der Waals surface area contributed by atoms with Crippen molar-refractivity contribution in [2.24, 2.45) is 5.73 Å². The number of primary amides is 1. The van der Waals surface area contributed by atoms with Crippen molar-refractivity contribution in [2.45, 2.75) is 0 Å². The molecule has 2 aromatic rings. The van der Waals surface area contributed by atoms with E-state index in [0.717, 1.165) is 18.5 Å². The van der Waals surface area contributed by atoms with Crippen LogP contribution in [0.4, 0.5) is 5.69 Å². The Labute approximate surface area is 111 Å². The molecule has 10 heteroatoms. The van der Waals surface area contributed by atoms with Gasteiger partial charge in [-0.25, -0.2) is 4.79 Å². The molecule has 1 aromatic heterocycles. The number of carbonyl (C=O) groups is 2. The summed E-state index contributed by atoms with van der Waals surface area (Å²) in [6.07, 6.45) is 1.04. The van der Waals surface area contributed by atoms with E-state index in [1.807, 2.05) is 0 Å². The van der Waals surface area contributed by atoms with Gasteiger partial charge in [-0.1, -0.05) is 5.16 Å². The van der Waals surface area contributed by atoms with Gasteiger partial charge in [0.25, 0.3) is 17.4 Å². The lowest BCUT2D eigenvalue weighted by atomic mass is 10.2. The number of amides is 1. The smallest absolute Gasteiger partial charge is 0.335 e. The molecule has 0 bridgehead atoms. The maximum absolute atomic E-state index is 10.3. The summed E-state index contributed by atoms with van der Waals surface area (Å²) in [6.45, 7) is 0. The van der Waals surface area contributed by atoms with Crippen molar-refractivity contribution in [3.05, 3.63) is 52.2 Å². The van der Waals surface area contributed by atoms with Crippen LogP contribution in [0.15, 0.2) is 35.2 Å². The zero-order valence-corrected chi connectivity index (χ0v) is 9.79. The Morgan fingerprint density at radius 1 is 1.30 bits per heavy atom. The van der Waals surface area contributed by atoms with Gasteiger partial charge in [-0.2, -0.15) is 4.98 Å². The Hall–Kier alpha value is -3.30. The van der Waals surface area contributed by atoms with E-state index >= 15 is 0 Å². The maximum Gasteiger partial charge on any atom is 0.335 e. The summed E-state index contributed by atoms with van der Waals surface area (Å²) in [5.41, 5.74) is 4.67. The second-order valence-electron chi connectivity index (χ2n) is 3.23. The minimum Gasteiger partial charge on any atom is -0.478 e. The summed E-state index contributed by atoms with van der Waals surface area (Å²) in [6, 6.07) is 4.70. The van der Waals surface area contributed by atoms with Crippen molar-refractivity contribution in [1.82, 2.24) is 10.1 Å². The van der Waals surface area contributed by atoms with E-state index in [1.54, 1.807) is 0 Å². The Bertz CT molecular complexity index is 574. The highest BCUT2D eigenvalue weighted by Crippen LogP contribution is 2.11. The summed E-state index contributed by atoms with van der Waals surface area (Å²) in [7, 11) is 0. The first-order valence-corrected chi connectivity index (χ1v) is 4.95. The molecule has 0 aliphatic carbocycles. The first-order chi connectivity index (χ1) is 9.41. The minimum absolute atomic E-state index is 0.0422. The van der Waals surface area contributed by atoms with Gasteiger partial charge in [0, 0.05) is 12.1 Å². The van der Waals surface area contributed by atoms with E-state index in [2.05, 4.69) is 14.7 Å². The first-order valence-electron chi connectivity index (χ1n) is 4.95. The largest absolute Gasteiger partial charge is 0.478 e. The van der Waals surface area contributed by atoms with Crippen LogP contribution in [0.1, 0.15) is 21.0 Å². The van der Waals surface area contributed by atoms with E-state index in [9.17, 15) is 19.7 Å². The van der Waals surface area contributed by atoms with Crippen LogP contribution in [0, 0.1) is 10.1 Å². The molecule has 1 aromatic carbocycles. The number of benzene rings is 1. The number of non-ortho nitro benzene ring substituents is 1. The number of nitrogens with two attached hydrogens (primary N) is 1. The summed E-state index contributed by atoms with van der Waals surface area (Å²) in [5, 5.41) is 21.7. The lowest BCUT2D eigenvalue weighted by Gasteiger charge is -1.92. The topological polar surface area (TPSA) is 162 Å².